The monoisotopic (exact) mass is 283 g/mol. The Hall–Kier alpha value is -1.14. The zero-order valence-electron chi connectivity index (χ0n) is 10.1. The van der Waals surface area contributed by atoms with Gasteiger partial charge in [0.1, 0.15) is 17.6 Å². The van der Waals surface area contributed by atoms with Gasteiger partial charge < -0.3 is 14.9 Å². The number of hydrogen-bond acceptors (Lipinski definition) is 4. The Labute approximate surface area is 110 Å². The SMILES string of the molecule is CCOC(=O)C(F)(F)[C@@H](N)c1ccc(CC)o1.Cl. The summed E-state index contributed by atoms with van der Waals surface area (Å²) in [6.45, 7) is 3.14. The lowest BCUT2D eigenvalue weighted by Crippen LogP contribution is -2.41. The van der Waals surface area contributed by atoms with E-state index in [9.17, 15) is 13.6 Å². The molecule has 7 heteroatoms. The minimum atomic E-state index is -3.79. The van der Waals surface area contributed by atoms with Crippen LogP contribution in [0.15, 0.2) is 16.5 Å². The fourth-order valence-electron chi connectivity index (χ4n) is 1.28. The van der Waals surface area contributed by atoms with Gasteiger partial charge >= 0.3 is 11.9 Å². The Balaban J connectivity index is 0.00000289. The molecule has 0 fully saturated rings. The van der Waals surface area contributed by atoms with Gasteiger partial charge in [-0.1, -0.05) is 6.92 Å². The van der Waals surface area contributed by atoms with Crippen molar-refractivity contribution in [2.75, 3.05) is 6.61 Å². The first-order valence-corrected chi connectivity index (χ1v) is 5.32. The lowest BCUT2D eigenvalue weighted by molar-refractivity contribution is -0.175. The van der Waals surface area contributed by atoms with Gasteiger partial charge in [0.2, 0.25) is 0 Å². The normalized spacial score (nSPS) is 12.7. The van der Waals surface area contributed by atoms with Crippen molar-refractivity contribution in [3.8, 4) is 0 Å². The number of halogens is 3. The Morgan fingerprint density at radius 2 is 2.11 bits per heavy atom. The Morgan fingerprint density at radius 3 is 2.56 bits per heavy atom. The van der Waals surface area contributed by atoms with Gasteiger partial charge in [-0.2, -0.15) is 8.78 Å². The van der Waals surface area contributed by atoms with Crippen LogP contribution in [-0.2, 0) is 16.0 Å². The zero-order valence-corrected chi connectivity index (χ0v) is 10.9. The van der Waals surface area contributed by atoms with Gasteiger partial charge in [-0.25, -0.2) is 4.79 Å². The van der Waals surface area contributed by atoms with Gasteiger partial charge in [-0.15, -0.1) is 12.4 Å². The standard InChI is InChI=1S/C11H15F2NO3.ClH/c1-3-7-5-6-8(17-7)9(14)11(12,13)10(15)16-4-2;/h5-6,9H,3-4,14H2,1-2H3;1H/t9-;/m0./s1. The minimum Gasteiger partial charge on any atom is -0.464 e. The topological polar surface area (TPSA) is 65.5 Å². The second-order valence-corrected chi connectivity index (χ2v) is 3.48. The Bertz CT molecular complexity index is 395. The summed E-state index contributed by atoms with van der Waals surface area (Å²) in [6.07, 6.45) is 0.567. The molecule has 0 aliphatic heterocycles. The molecule has 4 nitrogen and oxygen atoms in total. The summed E-state index contributed by atoms with van der Waals surface area (Å²) in [7, 11) is 0. The number of aryl methyl sites for hydroxylation is 1. The number of rotatable bonds is 5. The van der Waals surface area contributed by atoms with Gasteiger partial charge in [-0.3, -0.25) is 0 Å². The lowest BCUT2D eigenvalue weighted by atomic mass is 10.1. The number of hydrogen-bond donors (Lipinski definition) is 1. The predicted molar refractivity (Wildman–Crippen MR) is 63.8 cm³/mol. The number of carbonyl (C=O) groups excluding carboxylic acids is 1. The summed E-state index contributed by atoms with van der Waals surface area (Å²) in [6, 6.07) is 1.06. The van der Waals surface area contributed by atoms with Crippen LogP contribution in [0.3, 0.4) is 0 Å². The number of ether oxygens (including phenoxy) is 1. The molecule has 1 atom stereocenters. The number of esters is 1. The molecule has 1 heterocycles. The van der Waals surface area contributed by atoms with Crippen LogP contribution in [0.4, 0.5) is 8.78 Å². The lowest BCUT2D eigenvalue weighted by Gasteiger charge is -2.19. The van der Waals surface area contributed by atoms with E-state index in [0.29, 0.717) is 12.2 Å². The second kappa shape index (κ2) is 6.70. The van der Waals surface area contributed by atoms with Crippen molar-refractivity contribution in [1.82, 2.24) is 0 Å². The molecule has 0 saturated carbocycles. The van der Waals surface area contributed by atoms with Gasteiger partial charge in [-0.05, 0) is 19.1 Å². The summed E-state index contributed by atoms with van der Waals surface area (Å²) < 4.78 is 36.4. The highest BCUT2D eigenvalue weighted by molar-refractivity contribution is 5.85. The van der Waals surface area contributed by atoms with Crippen molar-refractivity contribution >= 4 is 18.4 Å². The van der Waals surface area contributed by atoms with E-state index in [2.05, 4.69) is 4.74 Å². The zero-order chi connectivity index (χ0) is 13.1. The molecule has 0 saturated heterocycles. The van der Waals surface area contributed by atoms with E-state index in [1.807, 2.05) is 6.92 Å². The fraction of sp³-hybridized carbons (Fsp3) is 0.545. The first-order chi connectivity index (χ1) is 7.93. The molecule has 1 aromatic heterocycles. The molecule has 0 aliphatic rings. The van der Waals surface area contributed by atoms with E-state index in [-0.39, 0.29) is 24.8 Å². The van der Waals surface area contributed by atoms with Gasteiger partial charge in [0.15, 0.2) is 0 Å². The molecule has 18 heavy (non-hydrogen) atoms. The third kappa shape index (κ3) is 3.43. The van der Waals surface area contributed by atoms with Crippen molar-refractivity contribution in [2.45, 2.75) is 32.2 Å². The number of furan rings is 1. The highest BCUT2D eigenvalue weighted by Gasteiger charge is 2.49. The maximum atomic E-state index is 13.5. The van der Waals surface area contributed by atoms with E-state index in [1.54, 1.807) is 6.07 Å². The Morgan fingerprint density at radius 1 is 1.50 bits per heavy atom. The maximum absolute atomic E-state index is 13.5. The van der Waals surface area contributed by atoms with Gasteiger partial charge in [0, 0.05) is 6.42 Å². The van der Waals surface area contributed by atoms with Gasteiger partial charge in [0.05, 0.1) is 6.61 Å². The molecule has 2 N–H and O–H groups in total. The molecular formula is C11H16ClF2NO3. The summed E-state index contributed by atoms with van der Waals surface area (Å²) in [4.78, 5) is 11.1. The van der Waals surface area contributed by atoms with Crippen molar-refractivity contribution in [1.29, 1.82) is 0 Å². The van der Waals surface area contributed by atoms with E-state index in [4.69, 9.17) is 10.2 Å². The third-order valence-corrected chi connectivity index (χ3v) is 2.28. The molecule has 0 amide bonds. The van der Waals surface area contributed by atoms with Crippen molar-refractivity contribution in [3.05, 3.63) is 23.7 Å². The number of nitrogens with two attached hydrogens (primary N) is 1. The van der Waals surface area contributed by atoms with Crippen LogP contribution in [0.25, 0.3) is 0 Å². The number of carbonyl (C=O) groups is 1. The van der Waals surface area contributed by atoms with Crippen molar-refractivity contribution in [2.24, 2.45) is 5.73 Å². The van der Waals surface area contributed by atoms with Crippen molar-refractivity contribution in [3.63, 3.8) is 0 Å². The first kappa shape index (κ1) is 16.9. The molecule has 0 bridgehead atoms. The van der Waals surface area contributed by atoms with E-state index in [1.165, 1.54) is 13.0 Å². The highest BCUT2D eigenvalue weighted by Crippen LogP contribution is 2.31. The van der Waals surface area contributed by atoms with Crippen LogP contribution in [0.5, 0.6) is 0 Å². The Kier molecular flexibility index (Phi) is 6.28. The molecule has 0 aromatic carbocycles. The molecule has 104 valence electrons. The summed E-state index contributed by atoms with van der Waals surface area (Å²) in [5.41, 5.74) is 5.33. The third-order valence-electron chi connectivity index (χ3n) is 2.28. The molecule has 0 unspecified atom stereocenters. The average molecular weight is 284 g/mol. The van der Waals surface area contributed by atoms with E-state index in [0.717, 1.165) is 0 Å². The minimum absolute atomic E-state index is 0. The molecule has 0 spiro atoms. The second-order valence-electron chi connectivity index (χ2n) is 3.48. The molecule has 0 aliphatic carbocycles. The quantitative estimate of drug-likeness (QED) is 0.843. The molecule has 1 aromatic rings. The van der Waals surface area contributed by atoms with Crippen LogP contribution in [0, 0.1) is 0 Å². The van der Waals surface area contributed by atoms with Crippen LogP contribution in [0.2, 0.25) is 0 Å². The summed E-state index contributed by atoms with van der Waals surface area (Å²) >= 11 is 0. The molecular weight excluding hydrogens is 268 g/mol. The van der Waals surface area contributed by atoms with E-state index >= 15 is 0 Å². The summed E-state index contributed by atoms with van der Waals surface area (Å²) in [5, 5.41) is 0. The molecule has 0 radical (unpaired) electrons. The van der Waals surface area contributed by atoms with Crippen LogP contribution in [0.1, 0.15) is 31.4 Å². The van der Waals surface area contributed by atoms with Crippen LogP contribution >= 0.6 is 12.4 Å². The smallest absolute Gasteiger partial charge is 0.379 e. The average Bonchev–Trinajstić information content (AvgIpc) is 2.76. The highest BCUT2D eigenvalue weighted by atomic mass is 35.5. The van der Waals surface area contributed by atoms with Crippen LogP contribution < -0.4 is 5.73 Å². The first-order valence-electron chi connectivity index (χ1n) is 5.32. The fourth-order valence-corrected chi connectivity index (χ4v) is 1.28. The van der Waals surface area contributed by atoms with E-state index < -0.39 is 17.9 Å². The predicted octanol–water partition coefficient (Wildman–Crippen LogP) is 2.46. The van der Waals surface area contributed by atoms with Crippen LogP contribution in [-0.4, -0.2) is 18.5 Å². The van der Waals surface area contributed by atoms with Crippen molar-refractivity contribution < 1.29 is 22.7 Å². The maximum Gasteiger partial charge on any atom is 0.379 e. The summed E-state index contributed by atoms with van der Waals surface area (Å²) in [5.74, 6) is -5.02. The molecule has 1 rings (SSSR count). The largest absolute Gasteiger partial charge is 0.464 e. The van der Waals surface area contributed by atoms with Gasteiger partial charge in [0.25, 0.3) is 0 Å². The number of alkyl halides is 2.